The lowest BCUT2D eigenvalue weighted by molar-refractivity contribution is -0.121. The van der Waals surface area contributed by atoms with Crippen molar-refractivity contribution in [1.29, 1.82) is 0 Å². The summed E-state index contributed by atoms with van der Waals surface area (Å²) >= 11 is 1.69. The van der Waals surface area contributed by atoms with Crippen LogP contribution in [-0.4, -0.2) is 30.5 Å². The predicted octanol–water partition coefficient (Wildman–Crippen LogP) is 3.33. The molecule has 0 aromatic carbocycles. The number of nitrogens with one attached hydrogen (secondary N) is 2. The van der Waals surface area contributed by atoms with Crippen molar-refractivity contribution in [2.45, 2.75) is 51.9 Å². The van der Waals surface area contributed by atoms with E-state index in [2.05, 4.69) is 41.8 Å². The van der Waals surface area contributed by atoms with E-state index in [1.54, 1.807) is 11.3 Å². The first-order chi connectivity index (χ1) is 9.95. The molecule has 1 aliphatic heterocycles. The van der Waals surface area contributed by atoms with Gasteiger partial charge in [-0.2, -0.15) is 0 Å². The number of rotatable bonds is 6. The second-order valence-electron chi connectivity index (χ2n) is 6.87. The SMILES string of the molecule is CC(C)(C)c1csc(CCNC(=O)CCC2CCNC2)n1.Cl.Cl. The molecule has 4 nitrogen and oxygen atoms in total. The molecule has 1 aromatic rings. The molecule has 0 saturated carbocycles. The Balaban J connectivity index is 0.00000242. The standard InChI is InChI=1S/C16H27N3OS.2ClH/c1-16(2,3)13-11-21-15(19-13)7-9-18-14(20)5-4-12-6-8-17-10-12;;/h11-12,17H,4-10H2,1-3H3,(H,18,20);2*1H. The maximum Gasteiger partial charge on any atom is 0.220 e. The van der Waals surface area contributed by atoms with Gasteiger partial charge in [-0.05, 0) is 31.8 Å². The number of halogens is 2. The molecule has 1 fully saturated rings. The van der Waals surface area contributed by atoms with Gasteiger partial charge in [0.1, 0.15) is 0 Å². The smallest absolute Gasteiger partial charge is 0.220 e. The average Bonchev–Trinajstić information content (AvgIpc) is 3.07. The van der Waals surface area contributed by atoms with Crippen LogP contribution < -0.4 is 10.6 Å². The van der Waals surface area contributed by atoms with Crippen molar-refractivity contribution in [2.24, 2.45) is 5.92 Å². The van der Waals surface area contributed by atoms with E-state index in [9.17, 15) is 4.79 Å². The first-order valence-electron chi connectivity index (χ1n) is 7.87. The van der Waals surface area contributed by atoms with E-state index in [0.717, 1.165) is 36.6 Å². The molecule has 7 heteroatoms. The van der Waals surface area contributed by atoms with Gasteiger partial charge in [-0.25, -0.2) is 4.98 Å². The molecule has 0 radical (unpaired) electrons. The van der Waals surface area contributed by atoms with Crippen LogP contribution in [0.4, 0.5) is 0 Å². The molecule has 2 N–H and O–H groups in total. The van der Waals surface area contributed by atoms with Gasteiger partial charge in [-0.3, -0.25) is 4.79 Å². The number of amides is 1. The zero-order valence-corrected chi connectivity index (χ0v) is 16.6. The highest BCUT2D eigenvalue weighted by Gasteiger charge is 2.18. The third-order valence-electron chi connectivity index (χ3n) is 3.92. The molecule has 1 atom stereocenters. The Hall–Kier alpha value is -0.360. The Bertz CT molecular complexity index is 468. The van der Waals surface area contributed by atoms with Crippen LogP contribution >= 0.6 is 36.2 Å². The van der Waals surface area contributed by atoms with Crippen molar-refractivity contribution in [3.05, 3.63) is 16.1 Å². The number of carbonyl (C=O) groups is 1. The van der Waals surface area contributed by atoms with Gasteiger partial charge in [0, 0.05) is 30.2 Å². The molecule has 1 aliphatic rings. The second-order valence-corrected chi connectivity index (χ2v) is 7.82. The van der Waals surface area contributed by atoms with E-state index in [0.29, 0.717) is 18.9 Å². The fourth-order valence-corrected chi connectivity index (χ4v) is 3.49. The third-order valence-corrected chi connectivity index (χ3v) is 4.83. The summed E-state index contributed by atoms with van der Waals surface area (Å²) in [5.74, 6) is 0.860. The lowest BCUT2D eigenvalue weighted by Crippen LogP contribution is -2.26. The first-order valence-corrected chi connectivity index (χ1v) is 8.75. The Morgan fingerprint density at radius 1 is 1.43 bits per heavy atom. The monoisotopic (exact) mass is 381 g/mol. The van der Waals surface area contributed by atoms with Gasteiger partial charge in [0.2, 0.25) is 5.91 Å². The fourth-order valence-electron chi connectivity index (χ4n) is 2.46. The number of thiazole rings is 1. The molecule has 0 spiro atoms. The lowest BCUT2D eigenvalue weighted by atomic mass is 9.93. The number of aromatic nitrogens is 1. The predicted molar refractivity (Wildman–Crippen MR) is 102 cm³/mol. The maximum absolute atomic E-state index is 11.8. The van der Waals surface area contributed by atoms with E-state index in [-0.39, 0.29) is 36.1 Å². The lowest BCUT2D eigenvalue weighted by Gasteiger charge is -2.14. The first kappa shape index (κ1) is 22.6. The van der Waals surface area contributed by atoms with Gasteiger partial charge >= 0.3 is 0 Å². The van der Waals surface area contributed by atoms with Gasteiger partial charge in [-0.15, -0.1) is 36.2 Å². The molecule has 1 aromatic heterocycles. The third kappa shape index (κ3) is 7.84. The quantitative estimate of drug-likeness (QED) is 0.794. The van der Waals surface area contributed by atoms with Crippen LogP contribution in [0.25, 0.3) is 0 Å². The van der Waals surface area contributed by atoms with Gasteiger partial charge in [0.15, 0.2) is 0 Å². The highest BCUT2D eigenvalue weighted by atomic mass is 35.5. The summed E-state index contributed by atoms with van der Waals surface area (Å²) in [6, 6.07) is 0. The normalized spacial score (nSPS) is 17.3. The second kappa shape index (κ2) is 10.5. The minimum absolute atomic E-state index is 0. The molecule has 1 amide bonds. The van der Waals surface area contributed by atoms with E-state index in [4.69, 9.17) is 0 Å². The van der Waals surface area contributed by atoms with Crippen LogP contribution in [0.2, 0.25) is 0 Å². The van der Waals surface area contributed by atoms with Crippen LogP contribution in [0.5, 0.6) is 0 Å². The molecule has 0 aliphatic carbocycles. The van der Waals surface area contributed by atoms with E-state index < -0.39 is 0 Å². The maximum atomic E-state index is 11.8. The zero-order valence-electron chi connectivity index (χ0n) is 14.2. The van der Waals surface area contributed by atoms with Crippen LogP contribution in [0.1, 0.15) is 50.7 Å². The van der Waals surface area contributed by atoms with E-state index in [1.165, 1.54) is 6.42 Å². The molecule has 134 valence electrons. The fraction of sp³-hybridized carbons (Fsp3) is 0.750. The number of carbonyl (C=O) groups excluding carboxylic acids is 1. The zero-order chi connectivity index (χ0) is 15.3. The summed E-state index contributed by atoms with van der Waals surface area (Å²) < 4.78 is 0. The van der Waals surface area contributed by atoms with Crippen LogP contribution in [0, 0.1) is 5.92 Å². The van der Waals surface area contributed by atoms with Crippen molar-refractivity contribution in [1.82, 2.24) is 15.6 Å². The summed E-state index contributed by atoms with van der Waals surface area (Å²) in [5, 5.41) is 9.59. The molecule has 1 unspecified atom stereocenters. The molecule has 2 rings (SSSR count). The van der Waals surface area contributed by atoms with Crippen molar-refractivity contribution in [3.63, 3.8) is 0 Å². The van der Waals surface area contributed by atoms with Crippen molar-refractivity contribution in [3.8, 4) is 0 Å². The number of hydrogen-bond donors (Lipinski definition) is 2. The number of hydrogen-bond acceptors (Lipinski definition) is 4. The number of nitrogens with zero attached hydrogens (tertiary/aromatic N) is 1. The molecular formula is C16H29Cl2N3OS. The van der Waals surface area contributed by atoms with Crippen LogP contribution in [0.3, 0.4) is 0 Å². The largest absolute Gasteiger partial charge is 0.356 e. The van der Waals surface area contributed by atoms with Gasteiger partial charge < -0.3 is 10.6 Å². The Morgan fingerprint density at radius 2 is 2.17 bits per heavy atom. The van der Waals surface area contributed by atoms with Gasteiger partial charge in [0.25, 0.3) is 0 Å². The van der Waals surface area contributed by atoms with Crippen molar-refractivity contribution in [2.75, 3.05) is 19.6 Å². The minimum Gasteiger partial charge on any atom is -0.356 e. The Labute approximate surface area is 156 Å². The summed E-state index contributed by atoms with van der Waals surface area (Å²) in [7, 11) is 0. The summed E-state index contributed by atoms with van der Waals surface area (Å²) in [4.78, 5) is 16.5. The molecule has 23 heavy (non-hydrogen) atoms. The van der Waals surface area contributed by atoms with E-state index >= 15 is 0 Å². The highest BCUT2D eigenvalue weighted by molar-refractivity contribution is 7.09. The average molecular weight is 382 g/mol. The van der Waals surface area contributed by atoms with Gasteiger partial charge in [0.05, 0.1) is 10.7 Å². The molecule has 1 saturated heterocycles. The Morgan fingerprint density at radius 3 is 2.74 bits per heavy atom. The highest BCUT2D eigenvalue weighted by Crippen LogP contribution is 2.23. The van der Waals surface area contributed by atoms with E-state index in [1.807, 2.05) is 0 Å². The van der Waals surface area contributed by atoms with Crippen LogP contribution in [0.15, 0.2) is 5.38 Å². The molecule has 2 heterocycles. The van der Waals surface area contributed by atoms with Crippen molar-refractivity contribution < 1.29 is 4.79 Å². The summed E-state index contributed by atoms with van der Waals surface area (Å²) in [5.41, 5.74) is 1.25. The summed E-state index contributed by atoms with van der Waals surface area (Å²) in [6.07, 6.45) is 3.70. The van der Waals surface area contributed by atoms with Gasteiger partial charge in [-0.1, -0.05) is 20.8 Å². The van der Waals surface area contributed by atoms with Crippen LogP contribution in [-0.2, 0) is 16.6 Å². The topological polar surface area (TPSA) is 54.0 Å². The molecular weight excluding hydrogens is 353 g/mol. The Kier molecular flexibility index (Phi) is 10.3. The molecule has 0 bridgehead atoms. The van der Waals surface area contributed by atoms with Crippen molar-refractivity contribution >= 4 is 42.1 Å². The minimum atomic E-state index is 0. The summed E-state index contributed by atoms with van der Waals surface area (Å²) in [6.45, 7) is 9.38.